The van der Waals surface area contributed by atoms with Crippen molar-refractivity contribution in [1.82, 2.24) is 14.8 Å². The van der Waals surface area contributed by atoms with Crippen LogP contribution in [0.5, 0.6) is 0 Å². The Hall–Kier alpha value is -1.04. The van der Waals surface area contributed by atoms with Crippen LogP contribution in [0.3, 0.4) is 0 Å². The van der Waals surface area contributed by atoms with Crippen molar-refractivity contribution in [3.8, 4) is 0 Å². The smallest absolute Gasteiger partial charge is 0.313 e. The van der Waals surface area contributed by atoms with Crippen LogP contribution in [0.4, 0.5) is 0 Å². The first kappa shape index (κ1) is 13.4. The summed E-state index contributed by atoms with van der Waals surface area (Å²) in [6.07, 6.45) is 7.82. The maximum absolute atomic E-state index is 10.6. The number of rotatable bonds is 5. The Balaban J connectivity index is 2.03. The second kappa shape index (κ2) is 6.22. The monoisotopic (exact) mass is 269 g/mol. The summed E-state index contributed by atoms with van der Waals surface area (Å²) in [5.74, 6) is 0.0101. The fourth-order valence-electron chi connectivity index (χ4n) is 2.60. The van der Waals surface area contributed by atoms with Gasteiger partial charge < -0.3 is 9.67 Å². The van der Waals surface area contributed by atoms with Crippen molar-refractivity contribution in [2.75, 3.05) is 5.75 Å². The maximum Gasteiger partial charge on any atom is 0.313 e. The van der Waals surface area contributed by atoms with Gasteiger partial charge in [-0.1, -0.05) is 37.9 Å². The molecule has 0 aromatic carbocycles. The molecule has 1 aromatic rings. The molecule has 100 valence electrons. The van der Waals surface area contributed by atoms with Crippen LogP contribution in [-0.4, -0.2) is 31.6 Å². The van der Waals surface area contributed by atoms with Gasteiger partial charge in [0.15, 0.2) is 5.16 Å². The minimum Gasteiger partial charge on any atom is -0.481 e. The van der Waals surface area contributed by atoms with Gasteiger partial charge in [0.2, 0.25) is 0 Å². The number of nitrogens with zero attached hydrogens (tertiary/aromatic N) is 3. The largest absolute Gasteiger partial charge is 0.481 e. The Morgan fingerprint density at radius 2 is 2.44 bits per heavy atom. The van der Waals surface area contributed by atoms with Gasteiger partial charge in [-0.3, -0.25) is 4.79 Å². The number of hydrogen-bond donors (Lipinski definition) is 1. The van der Waals surface area contributed by atoms with Gasteiger partial charge in [0.05, 0.1) is 5.75 Å². The highest BCUT2D eigenvalue weighted by Gasteiger charge is 2.24. The van der Waals surface area contributed by atoms with Crippen LogP contribution in [0.15, 0.2) is 11.5 Å². The molecule has 0 radical (unpaired) electrons. The molecule has 0 spiro atoms. The first-order valence-electron chi connectivity index (χ1n) is 6.44. The second-order valence-corrected chi connectivity index (χ2v) is 5.74. The zero-order valence-corrected chi connectivity index (χ0v) is 11.4. The quantitative estimate of drug-likeness (QED) is 0.832. The Labute approximate surface area is 111 Å². The molecule has 0 amide bonds. The third-order valence-electron chi connectivity index (χ3n) is 3.59. The van der Waals surface area contributed by atoms with Crippen molar-refractivity contribution in [3.05, 3.63) is 6.33 Å². The lowest BCUT2D eigenvalue weighted by atomic mass is 9.84. The molecular weight excluding hydrogens is 250 g/mol. The first-order chi connectivity index (χ1) is 8.70. The van der Waals surface area contributed by atoms with Gasteiger partial charge >= 0.3 is 5.97 Å². The van der Waals surface area contributed by atoms with E-state index < -0.39 is 5.97 Å². The Morgan fingerprint density at radius 1 is 1.61 bits per heavy atom. The number of aromatic nitrogens is 3. The van der Waals surface area contributed by atoms with Gasteiger partial charge in [0, 0.05) is 6.04 Å². The third kappa shape index (κ3) is 3.25. The number of carboxylic acid groups (broad SMARTS) is 1. The summed E-state index contributed by atoms with van der Waals surface area (Å²) in [5.41, 5.74) is 0. The summed E-state index contributed by atoms with van der Waals surface area (Å²) in [6, 6.07) is 0.440. The summed E-state index contributed by atoms with van der Waals surface area (Å²) in [6.45, 7) is 2.24. The Kier molecular flexibility index (Phi) is 4.63. The molecule has 1 aliphatic carbocycles. The van der Waals surface area contributed by atoms with Gasteiger partial charge in [0.25, 0.3) is 0 Å². The van der Waals surface area contributed by atoms with Gasteiger partial charge in [-0.25, -0.2) is 0 Å². The van der Waals surface area contributed by atoms with Crippen LogP contribution in [0.25, 0.3) is 0 Å². The fraction of sp³-hybridized carbons (Fsp3) is 0.750. The molecule has 1 heterocycles. The molecule has 2 atom stereocenters. The van der Waals surface area contributed by atoms with Crippen LogP contribution in [0.2, 0.25) is 0 Å². The van der Waals surface area contributed by atoms with E-state index in [1.54, 1.807) is 6.33 Å². The molecule has 1 saturated carbocycles. The molecule has 1 aliphatic rings. The second-order valence-electron chi connectivity index (χ2n) is 4.80. The Morgan fingerprint density at radius 3 is 3.17 bits per heavy atom. The minimum absolute atomic E-state index is 0.0443. The highest BCUT2D eigenvalue weighted by molar-refractivity contribution is 7.99. The van der Waals surface area contributed by atoms with Gasteiger partial charge in [-0.05, 0) is 18.8 Å². The number of thioether (sulfide) groups is 1. The molecule has 1 aromatic heterocycles. The van der Waals surface area contributed by atoms with Gasteiger partial charge in [-0.15, -0.1) is 10.2 Å². The molecule has 6 heteroatoms. The number of aliphatic carboxylic acids is 1. The average Bonchev–Trinajstić information content (AvgIpc) is 2.84. The highest BCUT2D eigenvalue weighted by atomic mass is 32.2. The normalized spacial score (nSPS) is 24.1. The summed E-state index contributed by atoms with van der Waals surface area (Å²) >= 11 is 1.25. The van der Waals surface area contributed by atoms with Crippen LogP contribution in [0.1, 0.15) is 45.1 Å². The molecule has 0 aliphatic heterocycles. The third-order valence-corrected chi connectivity index (χ3v) is 4.53. The van der Waals surface area contributed by atoms with Gasteiger partial charge in [-0.2, -0.15) is 0 Å². The Bertz CT molecular complexity index is 408. The molecule has 1 fully saturated rings. The molecule has 5 nitrogen and oxygen atoms in total. The number of carboxylic acids is 1. The van der Waals surface area contributed by atoms with Gasteiger partial charge in [0.1, 0.15) is 6.33 Å². The molecule has 2 unspecified atom stereocenters. The van der Waals surface area contributed by atoms with E-state index in [1.165, 1.54) is 31.0 Å². The van der Waals surface area contributed by atoms with Crippen LogP contribution < -0.4 is 0 Å². The first-order valence-corrected chi connectivity index (χ1v) is 7.43. The van der Waals surface area contributed by atoms with E-state index in [9.17, 15) is 4.79 Å². The number of hydrogen-bond acceptors (Lipinski definition) is 4. The lowest BCUT2D eigenvalue weighted by Crippen LogP contribution is -2.19. The van der Waals surface area contributed by atoms with E-state index >= 15 is 0 Å². The zero-order chi connectivity index (χ0) is 13.0. The van der Waals surface area contributed by atoms with E-state index in [1.807, 2.05) is 0 Å². The maximum atomic E-state index is 10.6. The molecule has 18 heavy (non-hydrogen) atoms. The van der Waals surface area contributed by atoms with Crippen molar-refractivity contribution in [1.29, 1.82) is 0 Å². The van der Waals surface area contributed by atoms with E-state index in [0.717, 1.165) is 23.9 Å². The molecule has 0 saturated heterocycles. The summed E-state index contributed by atoms with van der Waals surface area (Å²) in [7, 11) is 0. The lowest BCUT2D eigenvalue weighted by molar-refractivity contribution is -0.133. The fourth-order valence-corrected chi connectivity index (χ4v) is 3.30. The van der Waals surface area contributed by atoms with Crippen molar-refractivity contribution in [2.45, 2.75) is 50.2 Å². The van der Waals surface area contributed by atoms with E-state index in [-0.39, 0.29) is 5.75 Å². The van der Waals surface area contributed by atoms with E-state index in [4.69, 9.17) is 5.11 Å². The molecule has 2 rings (SSSR count). The summed E-state index contributed by atoms with van der Waals surface area (Å²) in [5, 5.41) is 17.4. The van der Waals surface area contributed by atoms with Crippen molar-refractivity contribution in [3.63, 3.8) is 0 Å². The van der Waals surface area contributed by atoms with E-state index in [2.05, 4.69) is 21.7 Å². The van der Waals surface area contributed by atoms with Crippen molar-refractivity contribution < 1.29 is 9.90 Å². The topological polar surface area (TPSA) is 68.0 Å². The predicted molar refractivity (Wildman–Crippen MR) is 69.7 cm³/mol. The summed E-state index contributed by atoms with van der Waals surface area (Å²) < 4.78 is 2.06. The number of carbonyl (C=O) groups is 1. The highest BCUT2D eigenvalue weighted by Crippen LogP contribution is 2.35. The van der Waals surface area contributed by atoms with E-state index in [0.29, 0.717) is 6.04 Å². The predicted octanol–water partition coefficient (Wildman–Crippen LogP) is 2.60. The standard InChI is InChI=1S/C12H19N3O2S/c1-2-9-4-3-5-10(6-9)15-8-13-14-12(15)18-7-11(16)17/h8-10H,2-7H2,1H3,(H,16,17). The SMILES string of the molecule is CCC1CCCC(n2cnnc2SCC(=O)O)C1. The summed E-state index contributed by atoms with van der Waals surface area (Å²) in [4.78, 5) is 10.6. The molecular formula is C12H19N3O2S. The molecule has 1 N–H and O–H groups in total. The lowest BCUT2D eigenvalue weighted by Gasteiger charge is -2.29. The van der Waals surface area contributed by atoms with Crippen molar-refractivity contribution >= 4 is 17.7 Å². The minimum atomic E-state index is -0.815. The van der Waals surface area contributed by atoms with Crippen LogP contribution in [-0.2, 0) is 4.79 Å². The van der Waals surface area contributed by atoms with Crippen LogP contribution >= 0.6 is 11.8 Å². The molecule has 0 bridgehead atoms. The zero-order valence-electron chi connectivity index (χ0n) is 10.6. The van der Waals surface area contributed by atoms with Crippen molar-refractivity contribution in [2.24, 2.45) is 5.92 Å². The average molecular weight is 269 g/mol. The van der Waals surface area contributed by atoms with Crippen LogP contribution in [0, 0.1) is 5.92 Å².